The third-order valence-electron chi connectivity index (χ3n) is 4.44. The zero-order valence-corrected chi connectivity index (χ0v) is 11.7. The van der Waals surface area contributed by atoms with Crippen LogP contribution in [0.25, 0.3) is 0 Å². The highest BCUT2D eigenvalue weighted by molar-refractivity contribution is 5.81. The molecule has 1 unspecified atom stereocenters. The Hall–Kier alpha value is -1.10. The number of rotatable bonds is 4. The van der Waals surface area contributed by atoms with Crippen LogP contribution in [-0.2, 0) is 9.59 Å². The number of carbonyl (C=O) groups is 2. The maximum atomic E-state index is 12.3. The van der Waals surface area contributed by atoms with E-state index in [4.69, 9.17) is 5.11 Å². The molecule has 0 spiro atoms. The molecule has 1 atom stereocenters. The summed E-state index contributed by atoms with van der Waals surface area (Å²) in [5.74, 6) is -0.184. The Morgan fingerprint density at radius 3 is 2.26 bits per heavy atom. The number of carbonyl (C=O) groups excluding carboxylic acids is 1. The fourth-order valence-corrected chi connectivity index (χ4v) is 3.15. The SMILES string of the molecule is CC(C(=O)N1CCCC1)N1CCC(CC(=O)O)CC1. The van der Waals surface area contributed by atoms with Crippen LogP contribution in [0.2, 0.25) is 0 Å². The molecule has 5 heteroatoms. The summed E-state index contributed by atoms with van der Waals surface area (Å²) in [6.07, 6.45) is 4.30. The van der Waals surface area contributed by atoms with Gasteiger partial charge >= 0.3 is 5.97 Å². The van der Waals surface area contributed by atoms with E-state index in [-0.39, 0.29) is 24.3 Å². The average molecular weight is 268 g/mol. The van der Waals surface area contributed by atoms with Gasteiger partial charge in [0.2, 0.25) is 5.91 Å². The maximum absolute atomic E-state index is 12.3. The molecule has 2 aliphatic rings. The first kappa shape index (κ1) is 14.3. The molecule has 2 saturated heterocycles. The van der Waals surface area contributed by atoms with Crippen molar-refractivity contribution in [3.63, 3.8) is 0 Å². The van der Waals surface area contributed by atoms with Gasteiger partial charge in [-0.05, 0) is 51.6 Å². The number of piperidine rings is 1. The van der Waals surface area contributed by atoms with E-state index in [2.05, 4.69) is 4.90 Å². The summed E-state index contributed by atoms with van der Waals surface area (Å²) in [7, 11) is 0. The summed E-state index contributed by atoms with van der Waals surface area (Å²) in [5, 5.41) is 8.80. The van der Waals surface area contributed by atoms with E-state index in [1.54, 1.807) is 0 Å². The van der Waals surface area contributed by atoms with Gasteiger partial charge in [0.15, 0.2) is 0 Å². The predicted octanol–water partition coefficient (Wildman–Crippen LogP) is 1.18. The lowest BCUT2D eigenvalue weighted by Gasteiger charge is -2.36. The summed E-state index contributed by atoms with van der Waals surface area (Å²) in [6.45, 7) is 5.48. The first-order valence-electron chi connectivity index (χ1n) is 7.32. The quantitative estimate of drug-likeness (QED) is 0.832. The van der Waals surface area contributed by atoms with Crippen LogP contribution in [0.1, 0.15) is 39.0 Å². The van der Waals surface area contributed by atoms with E-state index >= 15 is 0 Å². The minimum absolute atomic E-state index is 0.0520. The van der Waals surface area contributed by atoms with Crippen LogP contribution in [0.15, 0.2) is 0 Å². The van der Waals surface area contributed by atoms with E-state index in [1.165, 1.54) is 0 Å². The van der Waals surface area contributed by atoms with Crippen molar-refractivity contribution in [2.75, 3.05) is 26.2 Å². The average Bonchev–Trinajstić information content (AvgIpc) is 2.91. The molecular weight excluding hydrogens is 244 g/mol. The molecule has 2 heterocycles. The van der Waals surface area contributed by atoms with Crippen LogP contribution in [0, 0.1) is 5.92 Å². The molecule has 108 valence electrons. The van der Waals surface area contributed by atoms with Crippen molar-refractivity contribution in [1.82, 2.24) is 9.80 Å². The highest BCUT2D eigenvalue weighted by Crippen LogP contribution is 2.23. The van der Waals surface area contributed by atoms with Crippen LogP contribution >= 0.6 is 0 Å². The fraction of sp³-hybridized carbons (Fsp3) is 0.857. The third kappa shape index (κ3) is 3.69. The molecule has 0 aromatic rings. The highest BCUT2D eigenvalue weighted by Gasteiger charge is 2.30. The van der Waals surface area contributed by atoms with Crippen molar-refractivity contribution >= 4 is 11.9 Å². The minimum Gasteiger partial charge on any atom is -0.481 e. The molecule has 0 aromatic heterocycles. The number of nitrogens with zero attached hydrogens (tertiary/aromatic N) is 2. The maximum Gasteiger partial charge on any atom is 0.303 e. The van der Waals surface area contributed by atoms with Gasteiger partial charge in [-0.3, -0.25) is 14.5 Å². The molecule has 2 aliphatic heterocycles. The van der Waals surface area contributed by atoms with Crippen molar-refractivity contribution in [2.45, 2.75) is 45.1 Å². The Kier molecular flexibility index (Phi) is 4.80. The second kappa shape index (κ2) is 6.37. The number of aliphatic carboxylic acids is 1. The van der Waals surface area contributed by atoms with Gasteiger partial charge < -0.3 is 10.0 Å². The molecule has 0 bridgehead atoms. The summed E-state index contributed by atoms with van der Waals surface area (Å²) >= 11 is 0. The Morgan fingerprint density at radius 2 is 1.74 bits per heavy atom. The summed E-state index contributed by atoms with van der Waals surface area (Å²) in [6, 6.07) is -0.0520. The largest absolute Gasteiger partial charge is 0.481 e. The molecule has 0 aliphatic carbocycles. The van der Waals surface area contributed by atoms with Gasteiger partial charge in [-0.1, -0.05) is 0 Å². The van der Waals surface area contributed by atoms with E-state index in [1.807, 2.05) is 11.8 Å². The second-order valence-electron chi connectivity index (χ2n) is 5.79. The van der Waals surface area contributed by atoms with Crippen molar-refractivity contribution in [3.05, 3.63) is 0 Å². The lowest BCUT2D eigenvalue weighted by atomic mass is 9.93. The molecular formula is C14H24N2O3. The van der Waals surface area contributed by atoms with Gasteiger partial charge in [-0.15, -0.1) is 0 Å². The number of carboxylic acid groups (broad SMARTS) is 1. The Bertz CT molecular complexity index is 332. The normalized spacial score (nSPS) is 23.5. The van der Waals surface area contributed by atoms with Crippen LogP contribution in [0.4, 0.5) is 0 Å². The summed E-state index contributed by atoms with van der Waals surface area (Å²) < 4.78 is 0. The molecule has 1 N–H and O–H groups in total. The third-order valence-corrected chi connectivity index (χ3v) is 4.44. The molecule has 0 radical (unpaired) electrons. The van der Waals surface area contributed by atoms with Crippen LogP contribution in [0.5, 0.6) is 0 Å². The fourth-order valence-electron chi connectivity index (χ4n) is 3.15. The lowest BCUT2D eigenvalue weighted by molar-refractivity contribution is -0.140. The first-order valence-corrected chi connectivity index (χ1v) is 7.32. The van der Waals surface area contributed by atoms with Crippen LogP contribution < -0.4 is 0 Å². The van der Waals surface area contributed by atoms with Crippen LogP contribution in [0.3, 0.4) is 0 Å². The van der Waals surface area contributed by atoms with Gasteiger partial charge in [-0.2, -0.15) is 0 Å². The highest BCUT2D eigenvalue weighted by atomic mass is 16.4. The Balaban J connectivity index is 1.79. The molecule has 2 fully saturated rings. The molecule has 0 saturated carbocycles. The first-order chi connectivity index (χ1) is 9.08. The van der Waals surface area contributed by atoms with E-state index < -0.39 is 5.97 Å². The zero-order valence-electron chi connectivity index (χ0n) is 11.7. The molecule has 5 nitrogen and oxygen atoms in total. The van der Waals surface area contributed by atoms with E-state index in [9.17, 15) is 9.59 Å². The summed E-state index contributed by atoms with van der Waals surface area (Å²) in [5.41, 5.74) is 0. The van der Waals surface area contributed by atoms with E-state index in [0.717, 1.165) is 51.9 Å². The molecule has 19 heavy (non-hydrogen) atoms. The van der Waals surface area contributed by atoms with Crippen molar-refractivity contribution in [2.24, 2.45) is 5.92 Å². The molecule has 0 aromatic carbocycles. The number of hydrogen-bond acceptors (Lipinski definition) is 3. The van der Waals surface area contributed by atoms with Crippen molar-refractivity contribution < 1.29 is 14.7 Å². The topological polar surface area (TPSA) is 60.9 Å². The van der Waals surface area contributed by atoms with Crippen LogP contribution in [-0.4, -0.2) is 59.0 Å². The standard InChI is InChI=1S/C14H24N2O3/c1-11(14(19)16-6-2-3-7-16)15-8-4-12(5-9-15)10-13(17)18/h11-12H,2-10H2,1H3,(H,17,18). The number of amides is 1. The lowest BCUT2D eigenvalue weighted by Crippen LogP contribution is -2.49. The monoisotopic (exact) mass is 268 g/mol. The van der Waals surface area contributed by atoms with Crippen molar-refractivity contribution in [3.8, 4) is 0 Å². The smallest absolute Gasteiger partial charge is 0.303 e. The number of hydrogen-bond donors (Lipinski definition) is 1. The predicted molar refractivity (Wildman–Crippen MR) is 71.8 cm³/mol. The van der Waals surface area contributed by atoms with Gasteiger partial charge in [0, 0.05) is 19.5 Å². The summed E-state index contributed by atoms with van der Waals surface area (Å²) in [4.78, 5) is 27.2. The van der Waals surface area contributed by atoms with Gasteiger partial charge in [-0.25, -0.2) is 0 Å². The Morgan fingerprint density at radius 1 is 1.16 bits per heavy atom. The van der Waals surface area contributed by atoms with Gasteiger partial charge in [0.25, 0.3) is 0 Å². The number of likely N-dealkylation sites (tertiary alicyclic amines) is 2. The van der Waals surface area contributed by atoms with E-state index in [0.29, 0.717) is 0 Å². The van der Waals surface area contributed by atoms with Gasteiger partial charge in [0.1, 0.15) is 0 Å². The second-order valence-corrected chi connectivity index (χ2v) is 5.79. The molecule has 1 amide bonds. The molecule has 2 rings (SSSR count). The van der Waals surface area contributed by atoms with Crippen molar-refractivity contribution in [1.29, 1.82) is 0 Å². The minimum atomic E-state index is -0.709. The van der Waals surface area contributed by atoms with Gasteiger partial charge in [0.05, 0.1) is 6.04 Å². The Labute approximate surface area is 114 Å². The number of carboxylic acids is 1. The zero-order chi connectivity index (χ0) is 13.8.